The van der Waals surface area contributed by atoms with E-state index >= 15 is 0 Å². The molecular formula is C28H26N6O2. The maximum atomic E-state index is 13.0. The second-order valence-corrected chi connectivity index (χ2v) is 10.4. The Kier molecular flexibility index (Phi) is 4.10. The van der Waals surface area contributed by atoms with E-state index in [1.54, 1.807) is 0 Å². The highest BCUT2D eigenvalue weighted by Gasteiger charge is 2.52. The van der Waals surface area contributed by atoms with Crippen molar-refractivity contribution in [3.63, 3.8) is 0 Å². The number of fused-ring (bicyclic) bond motifs is 8. The van der Waals surface area contributed by atoms with E-state index < -0.39 is 0 Å². The van der Waals surface area contributed by atoms with E-state index in [4.69, 9.17) is 9.98 Å². The molecule has 0 bridgehead atoms. The van der Waals surface area contributed by atoms with Gasteiger partial charge in [0.25, 0.3) is 0 Å². The zero-order chi connectivity index (χ0) is 24.0. The van der Waals surface area contributed by atoms with Crippen molar-refractivity contribution < 1.29 is 9.59 Å². The Balaban J connectivity index is 1.17. The van der Waals surface area contributed by atoms with Crippen molar-refractivity contribution in [1.82, 2.24) is 20.0 Å². The molecule has 8 rings (SSSR count). The van der Waals surface area contributed by atoms with Crippen LogP contribution in [0.2, 0.25) is 0 Å². The van der Waals surface area contributed by atoms with E-state index in [0.717, 1.165) is 53.1 Å². The molecule has 2 amide bonds. The number of aliphatic imine (C=N–C) groups is 1. The van der Waals surface area contributed by atoms with E-state index in [-0.39, 0.29) is 29.8 Å². The number of nitrogens with zero attached hydrogens (tertiary/aromatic N) is 6. The van der Waals surface area contributed by atoms with Crippen LogP contribution in [0.25, 0.3) is 10.9 Å². The highest BCUT2D eigenvalue weighted by atomic mass is 16.2. The first-order valence-electron chi connectivity index (χ1n) is 12.9. The molecule has 3 saturated heterocycles. The third kappa shape index (κ3) is 2.69. The van der Waals surface area contributed by atoms with Gasteiger partial charge in [-0.3, -0.25) is 19.6 Å². The highest BCUT2D eigenvalue weighted by Crippen LogP contribution is 2.47. The molecule has 1 aromatic heterocycles. The summed E-state index contributed by atoms with van der Waals surface area (Å²) in [5.74, 6) is 2.38. The molecule has 2 aromatic carbocycles. The van der Waals surface area contributed by atoms with Crippen molar-refractivity contribution >= 4 is 40.1 Å². The topological polar surface area (TPSA) is 72.3 Å². The fourth-order valence-electron chi connectivity index (χ4n) is 6.94. The normalized spacial score (nSPS) is 25.8. The molecular weight excluding hydrogens is 452 g/mol. The number of aromatic nitrogens is 1. The van der Waals surface area contributed by atoms with E-state index in [9.17, 15) is 9.59 Å². The quantitative estimate of drug-likeness (QED) is 0.573. The number of rotatable bonds is 3. The number of benzene rings is 2. The summed E-state index contributed by atoms with van der Waals surface area (Å²) in [5.41, 5.74) is 4.30. The fourth-order valence-corrected chi connectivity index (χ4v) is 6.94. The van der Waals surface area contributed by atoms with Gasteiger partial charge in [0.05, 0.1) is 36.4 Å². The Labute approximate surface area is 208 Å². The van der Waals surface area contributed by atoms with Gasteiger partial charge in [-0.15, -0.1) is 0 Å². The number of hydrogen-bond donors (Lipinski definition) is 0. The van der Waals surface area contributed by atoms with Gasteiger partial charge >= 0.3 is 0 Å². The molecule has 0 spiro atoms. The SMILES string of the molecule is O=C1CCC2C3Cc4ccccc4N=C3N(CCN3c4nc5ccccc5cc4C4CCC(=O)N43)N12. The van der Waals surface area contributed by atoms with Crippen molar-refractivity contribution in [2.45, 2.75) is 44.2 Å². The average molecular weight is 479 g/mol. The number of para-hydroxylation sites is 2. The number of carbonyl (C=O) groups excluding carboxylic acids is 2. The van der Waals surface area contributed by atoms with Crippen LogP contribution in [-0.2, 0) is 16.0 Å². The van der Waals surface area contributed by atoms with Crippen LogP contribution in [0.5, 0.6) is 0 Å². The van der Waals surface area contributed by atoms with Gasteiger partial charge < -0.3 is 0 Å². The Morgan fingerprint density at radius 2 is 1.64 bits per heavy atom. The summed E-state index contributed by atoms with van der Waals surface area (Å²) in [7, 11) is 0. The molecule has 3 fully saturated rings. The molecule has 0 N–H and O–H groups in total. The maximum absolute atomic E-state index is 13.0. The number of hydrazine groups is 2. The van der Waals surface area contributed by atoms with E-state index in [1.807, 2.05) is 34.3 Å². The molecule has 3 unspecified atom stereocenters. The third-order valence-corrected chi connectivity index (χ3v) is 8.51. The number of hydrogen-bond acceptors (Lipinski definition) is 6. The molecule has 6 heterocycles. The summed E-state index contributed by atoms with van der Waals surface area (Å²) in [5, 5.41) is 9.13. The van der Waals surface area contributed by atoms with Crippen LogP contribution in [0.3, 0.4) is 0 Å². The van der Waals surface area contributed by atoms with Crippen LogP contribution in [0.1, 0.15) is 42.9 Å². The lowest BCUT2D eigenvalue weighted by Gasteiger charge is -2.34. The van der Waals surface area contributed by atoms with Crippen molar-refractivity contribution in [3.8, 4) is 0 Å². The van der Waals surface area contributed by atoms with Crippen molar-refractivity contribution in [1.29, 1.82) is 0 Å². The predicted octanol–water partition coefficient (Wildman–Crippen LogP) is 3.76. The maximum Gasteiger partial charge on any atom is 0.241 e. The van der Waals surface area contributed by atoms with Crippen molar-refractivity contribution in [2.75, 3.05) is 18.1 Å². The zero-order valence-corrected chi connectivity index (χ0v) is 19.9. The van der Waals surface area contributed by atoms with E-state index in [2.05, 4.69) is 40.3 Å². The first-order valence-corrected chi connectivity index (χ1v) is 12.9. The van der Waals surface area contributed by atoms with Gasteiger partial charge in [0.1, 0.15) is 5.84 Å². The summed E-state index contributed by atoms with van der Waals surface area (Å²) in [6.07, 6.45) is 3.72. The second kappa shape index (κ2) is 7.29. The van der Waals surface area contributed by atoms with Crippen LogP contribution >= 0.6 is 0 Å². The number of carbonyl (C=O) groups is 2. The van der Waals surface area contributed by atoms with E-state index in [1.165, 1.54) is 5.56 Å². The Morgan fingerprint density at radius 3 is 2.58 bits per heavy atom. The second-order valence-electron chi connectivity index (χ2n) is 10.4. The summed E-state index contributed by atoms with van der Waals surface area (Å²) >= 11 is 0. The monoisotopic (exact) mass is 478 g/mol. The molecule has 5 aliphatic rings. The lowest BCUT2D eigenvalue weighted by molar-refractivity contribution is -0.138. The molecule has 5 aliphatic heterocycles. The third-order valence-electron chi connectivity index (χ3n) is 8.51. The minimum atomic E-state index is 0.0380. The van der Waals surface area contributed by atoms with Gasteiger partial charge in [-0.05, 0) is 43.0 Å². The lowest BCUT2D eigenvalue weighted by Crippen LogP contribution is -2.49. The van der Waals surface area contributed by atoms with Gasteiger partial charge in [-0.25, -0.2) is 20.0 Å². The summed E-state index contributed by atoms with van der Waals surface area (Å²) in [6.45, 7) is 1.13. The fraction of sp³-hybridized carbons (Fsp3) is 0.357. The first-order chi connectivity index (χ1) is 17.7. The van der Waals surface area contributed by atoms with Crippen LogP contribution in [0.15, 0.2) is 59.6 Å². The molecule has 0 radical (unpaired) electrons. The van der Waals surface area contributed by atoms with Crippen LogP contribution in [0.4, 0.5) is 11.5 Å². The van der Waals surface area contributed by atoms with Gasteiger partial charge in [-0.2, -0.15) is 0 Å². The van der Waals surface area contributed by atoms with Crippen molar-refractivity contribution in [2.24, 2.45) is 10.9 Å². The standard InChI is InChI=1S/C28H26N6O2/c35-25-11-9-23-19-15-17-5-1-3-7-21(17)29-27(19)31(33(23)25)13-14-32-28-20(24-10-12-26(36)34(24)32)16-18-6-2-4-8-22(18)30-28/h1-8,15,20,23-24H,9-14,16H2. The predicted molar refractivity (Wildman–Crippen MR) is 135 cm³/mol. The Bertz CT molecular complexity index is 1480. The molecule has 36 heavy (non-hydrogen) atoms. The number of amidine groups is 1. The summed E-state index contributed by atoms with van der Waals surface area (Å²) < 4.78 is 0. The number of anilines is 1. The average Bonchev–Trinajstić information content (AvgIpc) is 3.62. The van der Waals surface area contributed by atoms with Crippen LogP contribution in [0, 0.1) is 5.92 Å². The molecule has 3 aromatic rings. The summed E-state index contributed by atoms with van der Waals surface area (Å²) in [6, 6.07) is 18.8. The van der Waals surface area contributed by atoms with Gasteiger partial charge in [0, 0.05) is 29.7 Å². The number of amides is 2. The molecule has 0 aliphatic carbocycles. The minimum absolute atomic E-state index is 0.0380. The molecule has 8 heteroatoms. The Morgan fingerprint density at radius 1 is 0.861 bits per heavy atom. The minimum Gasteiger partial charge on any atom is -0.273 e. The van der Waals surface area contributed by atoms with Gasteiger partial charge in [-0.1, -0.05) is 36.4 Å². The summed E-state index contributed by atoms with van der Waals surface area (Å²) in [4.78, 5) is 36.0. The molecule has 8 nitrogen and oxygen atoms in total. The number of pyridine rings is 1. The molecule has 0 saturated carbocycles. The van der Waals surface area contributed by atoms with Crippen LogP contribution < -0.4 is 5.01 Å². The smallest absolute Gasteiger partial charge is 0.241 e. The van der Waals surface area contributed by atoms with Gasteiger partial charge in [0.15, 0.2) is 5.82 Å². The van der Waals surface area contributed by atoms with Crippen LogP contribution in [-0.4, -0.2) is 56.8 Å². The molecule has 3 atom stereocenters. The lowest BCUT2D eigenvalue weighted by atomic mass is 9.88. The Hall–Kier alpha value is -3.94. The van der Waals surface area contributed by atoms with Crippen molar-refractivity contribution in [3.05, 3.63) is 65.7 Å². The molecule has 180 valence electrons. The highest BCUT2D eigenvalue weighted by molar-refractivity contribution is 5.96. The largest absolute Gasteiger partial charge is 0.273 e. The first kappa shape index (κ1) is 20.3. The van der Waals surface area contributed by atoms with E-state index in [0.29, 0.717) is 25.9 Å². The zero-order valence-electron chi connectivity index (χ0n) is 19.9. The van der Waals surface area contributed by atoms with Gasteiger partial charge in [0.2, 0.25) is 11.8 Å².